The molecule has 0 spiro atoms. The zero-order valence-corrected chi connectivity index (χ0v) is 15.0. The number of nitrogens with one attached hydrogen (secondary N) is 1. The van der Waals surface area contributed by atoms with Crippen molar-refractivity contribution in [2.24, 2.45) is 0 Å². The van der Waals surface area contributed by atoms with Crippen LogP contribution in [0, 0.1) is 6.92 Å². The third-order valence-corrected chi connectivity index (χ3v) is 4.18. The Kier molecular flexibility index (Phi) is 4.49. The third-order valence-electron chi connectivity index (χ3n) is 3.30. The van der Waals surface area contributed by atoms with Crippen molar-refractivity contribution in [1.82, 2.24) is 15.0 Å². The Morgan fingerprint density at radius 2 is 1.96 bits per heavy atom. The Morgan fingerprint density at radius 1 is 1.12 bits per heavy atom. The fourth-order valence-electron chi connectivity index (χ4n) is 2.01. The molecule has 6 heteroatoms. The summed E-state index contributed by atoms with van der Waals surface area (Å²) in [6, 6.07) is 5.85. The lowest BCUT2D eigenvalue weighted by atomic mass is 9.94. The second kappa shape index (κ2) is 6.57. The Balaban J connectivity index is 1.68. The van der Waals surface area contributed by atoms with Crippen molar-refractivity contribution in [2.45, 2.75) is 33.1 Å². The topological polar surface area (TPSA) is 63.8 Å². The largest absolute Gasteiger partial charge is 0.441 e. The van der Waals surface area contributed by atoms with E-state index in [1.165, 1.54) is 0 Å². The van der Waals surface area contributed by atoms with Gasteiger partial charge in [0, 0.05) is 28.3 Å². The summed E-state index contributed by atoms with van der Waals surface area (Å²) in [6.07, 6.45) is 7.40. The van der Waals surface area contributed by atoms with E-state index in [-0.39, 0.29) is 5.41 Å². The first-order valence-corrected chi connectivity index (χ1v) is 8.53. The number of hydrogen-bond acceptors (Lipinski definition) is 6. The first-order chi connectivity index (χ1) is 11.4. The molecular weight excluding hydrogens is 320 g/mol. The van der Waals surface area contributed by atoms with Crippen LogP contribution in [0.3, 0.4) is 0 Å². The molecule has 124 valence electrons. The SMILES string of the molecule is Cc1cccc(Nc2ncc(/C=C/c3ncc(C(C)(C)C)o3)s2)n1. The van der Waals surface area contributed by atoms with Crippen LogP contribution in [0.25, 0.3) is 12.2 Å². The van der Waals surface area contributed by atoms with Gasteiger partial charge in [0.25, 0.3) is 0 Å². The number of anilines is 2. The van der Waals surface area contributed by atoms with E-state index in [9.17, 15) is 0 Å². The second-order valence-electron chi connectivity index (χ2n) is 6.50. The van der Waals surface area contributed by atoms with Gasteiger partial charge in [0.15, 0.2) is 5.13 Å². The van der Waals surface area contributed by atoms with Crippen LogP contribution in [-0.4, -0.2) is 15.0 Å². The number of aryl methyl sites for hydroxylation is 1. The van der Waals surface area contributed by atoms with Crippen molar-refractivity contribution in [3.63, 3.8) is 0 Å². The molecule has 1 N–H and O–H groups in total. The summed E-state index contributed by atoms with van der Waals surface area (Å²) in [4.78, 5) is 14.1. The Bertz CT molecular complexity index is 858. The summed E-state index contributed by atoms with van der Waals surface area (Å²) >= 11 is 1.55. The lowest BCUT2D eigenvalue weighted by Gasteiger charge is -2.12. The highest BCUT2D eigenvalue weighted by Gasteiger charge is 2.18. The van der Waals surface area contributed by atoms with Crippen LogP contribution < -0.4 is 5.32 Å². The molecule has 3 aromatic heterocycles. The predicted octanol–water partition coefficient (Wildman–Crippen LogP) is 5.05. The van der Waals surface area contributed by atoms with Gasteiger partial charge in [-0.1, -0.05) is 38.2 Å². The molecule has 0 saturated heterocycles. The van der Waals surface area contributed by atoms with Gasteiger partial charge >= 0.3 is 0 Å². The minimum atomic E-state index is -0.0402. The molecule has 0 bridgehead atoms. The van der Waals surface area contributed by atoms with Gasteiger partial charge in [-0.2, -0.15) is 0 Å². The predicted molar refractivity (Wildman–Crippen MR) is 98.5 cm³/mol. The van der Waals surface area contributed by atoms with Crippen molar-refractivity contribution >= 4 is 34.4 Å². The summed E-state index contributed by atoms with van der Waals surface area (Å²) in [6.45, 7) is 8.26. The molecule has 3 rings (SSSR count). The molecule has 0 aliphatic heterocycles. The highest BCUT2D eigenvalue weighted by Crippen LogP contribution is 2.25. The standard InChI is InChI=1S/C18H20N4OS/c1-12-6-5-7-15(21-12)22-17-20-10-13(24-17)8-9-16-19-11-14(23-16)18(2,3)4/h5-11H,1-4H3,(H,20,21,22)/b9-8+. The van der Waals surface area contributed by atoms with Crippen molar-refractivity contribution in [2.75, 3.05) is 5.32 Å². The van der Waals surface area contributed by atoms with E-state index in [1.54, 1.807) is 17.5 Å². The van der Waals surface area contributed by atoms with Crippen LogP contribution in [0.5, 0.6) is 0 Å². The zero-order chi connectivity index (χ0) is 17.2. The van der Waals surface area contributed by atoms with Gasteiger partial charge in [-0.25, -0.2) is 15.0 Å². The summed E-state index contributed by atoms with van der Waals surface area (Å²) in [7, 11) is 0. The average molecular weight is 340 g/mol. The van der Waals surface area contributed by atoms with Gasteiger partial charge in [-0.3, -0.25) is 0 Å². The number of oxazole rings is 1. The van der Waals surface area contributed by atoms with Gasteiger partial charge in [-0.15, -0.1) is 0 Å². The number of hydrogen-bond donors (Lipinski definition) is 1. The fourth-order valence-corrected chi connectivity index (χ4v) is 2.73. The highest BCUT2D eigenvalue weighted by molar-refractivity contribution is 7.16. The van der Waals surface area contributed by atoms with E-state index in [2.05, 4.69) is 41.0 Å². The van der Waals surface area contributed by atoms with Crippen molar-refractivity contribution in [1.29, 1.82) is 0 Å². The quantitative estimate of drug-likeness (QED) is 0.720. The van der Waals surface area contributed by atoms with Crippen LogP contribution in [0.1, 0.15) is 43.0 Å². The number of thiazole rings is 1. The zero-order valence-electron chi connectivity index (χ0n) is 14.2. The van der Waals surface area contributed by atoms with Crippen LogP contribution in [0.2, 0.25) is 0 Å². The molecule has 0 atom stereocenters. The second-order valence-corrected chi connectivity index (χ2v) is 7.57. The normalized spacial score (nSPS) is 12.0. The average Bonchev–Trinajstić information content (AvgIpc) is 3.13. The molecule has 0 aromatic carbocycles. The Labute approximate surface area is 145 Å². The van der Waals surface area contributed by atoms with Gasteiger partial charge in [0.05, 0.1) is 6.20 Å². The van der Waals surface area contributed by atoms with E-state index in [4.69, 9.17) is 4.42 Å². The summed E-state index contributed by atoms with van der Waals surface area (Å²) in [5.74, 6) is 2.27. The number of nitrogens with zero attached hydrogens (tertiary/aromatic N) is 3. The van der Waals surface area contributed by atoms with Crippen LogP contribution in [0.15, 0.2) is 35.0 Å². The summed E-state index contributed by atoms with van der Waals surface area (Å²) in [5, 5.41) is 4.01. The van der Waals surface area contributed by atoms with Crippen molar-refractivity contribution in [3.8, 4) is 0 Å². The molecule has 0 amide bonds. The monoisotopic (exact) mass is 340 g/mol. The summed E-state index contributed by atoms with van der Waals surface area (Å²) in [5.41, 5.74) is 0.928. The minimum absolute atomic E-state index is 0.0402. The first kappa shape index (κ1) is 16.4. The van der Waals surface area contributed by atoms with Crippen LogP contribution >= 0.6 is 11.3 Å². The van der Waals surface area contributed by atoms with Gasteiger partial charge < -0.3 is 9.73 Å². The Morgan fingerprint density at radius 3 is 2.67 bits per heavy atom. The molecule has 0 aliphatic rings. The molecule has 0 aliphatic carbocycles. The lowest BCUT2D eigenvalue weighted by molar-refractivity contribution is 0.403. The van der Waals surface area contributed by atoms with Crippen molar-refractivity contribution in [3.05, 3.63) is 52.8 Å². The lowest BCUT2D eigenvalue weighted by Crippen LogP contribution is -2.09. The van der Waals surface area contributed by atoms with E-state index in [0.717, 1.165) is 27.3 Å². The van der Waals surface area contributed by atoms with E-state index in [1.807, 2.05) is 43.5 Å². The number of aromatic nitrogens is 3. The summed E-state index contributed by atoms with van der Waals surface area (Å²) < 4.78 is 5.75. The minimum Gasteiger partial charge on any atom is -0.441 e. The first-order valence-electron chi connectivity index (χ1n) is 7.71. The van der Waals surface area contributed by atoms with E-state index >= 15 is 0 Å². The van der Waals surface area contributed by atoms with Crippen LogP contribution in [0.4, 0.5) is 10.9 Å². The van der Waals surface area contributed by atoms with Crippen LogP contribution in [-0.2, 0) is 5.41 Å². The highest BCUT2D eigenvalue weighted by atomic mass is 32.1. The molecule has 3 aromatic rings. The number of rotatable bonds is 4. The fraction of sp³-hybridized carbons (Fsp3) is 0.278. The van der Waals surface area contributed by atoms with Gasteiger partial charge in [0.2, 0.25) is 5.89 Å². The maximum absolute atomic E-state index is 5.75. The molecular formula is C18H20N4OS. The van der Waals surface area contributed by atoms with Gasteiger partial charge in [0.1, 0.15) is 11.6 Å². The number of pyridine rings is 1. The molecule has 0 saturated carbocycles. The molecule has 5 nitrogen and oxygen atoms in total. The van der Waals surface area contributed by atoms with E-state index in [0.29, 0.717) is 5.89 Å². The molecule has 0 unspecified atom stereocenters. The smallest absolute Gasteiger partial charge is 0.218 e. The molecule has 24 heavy (non-hydrogen) atoms. The maximum atomic E-state index is 5.75. The van der Waals surface area contributed by atoms with Gasteiger partial charge in [-0.05, 0) is 25.1 Å². The Hall–Kier alpha value is -2.47. The molecule has 3 heterocycles. The third kappa shape index (κ3) is 4.08. The van der Waals surface area contributed by atoms with Crippen molar-refractivity contribution < 1.29 is 4.42 Å². The molecule has 0 radical (unpaired) electrons. The molecule has 0 fully saturated rings. The maximum Gasteiger partial charge on any atom is 0.218 e. The van der Waals surface area contributed by atoms with E-state index < -0.39 is 0 Å².